The van der Waals surface area contributed by atoms with Gasteiger partial charge in [-0.1, -0.05) is 30.3 Å². The average molecular weight is 439 g/mol. The summed E-state index contributed by atoms with van der Waals surface area (Å²) in [5.74, 6) is 0.106. The van der Waals surface area contributed by atoms with Gasteiger partial charge in [-0.15, -0.1) is 0 Å². The standard InChI is InChI=1S/C24H30N4O4/c1-15(25)20-9-10-21(32-20)24(31)28-14-18(17-7-5-4-6-8-17)13-19(28)23(30)27-12-11-26(3)22(29)16(27)2/h4-10,15-16,18-19H,11-14,25H2,1-3H3. The van der Waals surface area contributed by atoms with Crippen molar-refractivity contribution in [2.45, 2.75) is 44.3 Å². The summed E-state index contributed by atoms with van der Waals surface area (Å²) in [5.41, 5.74) is 6.96. The van der Waals surface area contributed by atoms with E-state index in [0.29, 0.717) is 31.8 Å². The van der Waals surface area contributed by atoms with Crippen molar-refractivity contribution in [1.82, 2.24) is 14.7 Å². The molecule has 1 aromatic heterocycles. The number of amides is 3. The van der Waals surface area contributed by atoms with E-state index in [2.05, 4.69) is 0 Å². The van der Waals surface area contributed by atoms with Gasteiger partial charge in [0.05, 0.1) is 6.04 Å². The monoisotopic (exact) mass is 438 g/mol. The van der Waals surface area contributed by atoms with Gasteiger partial charge in [-0.05, 0) is 38.0 Å². The number of piperazine rings is 1. The molecule has 2 fully saturated rings. The van der Waals surface area contributed by atoms with E-state index in [9.17, 15) is 14.4 Å². The molecule has 4 atom stereocenters. The number of furan rings is 1. The second kappa shape index (κ2) is 8.78. The molecule has 2 N–H and O–H groups in total. The fraction of sp³-hybridized carbons (Fsp3) is 0.458. The molecule has 0 bridgehead atoms. The van der Waals surface area contributed by atoms with E-state index in [1.165, 1.54) is 0 Å². The fourth-order valence-electron chi connectivity index (χ4n) is 4.62. The molecule has 2 aliphatic heterocycles. The third-order valence-corrected chi connectivity index (χ3v) is 6.56. The zero-order chi connectivity index (χ0) is 23.0. The third kappa shape index (κ3) is 4.02. The Balaban J connectivity index is 1.62. The molecule has 3 heterocycles. The topological polar surface area (TPSA) is 100 Å². The van der Waals surface area contributed by atoms with Crippen LogP contribution in [0.2, 0.25) is 0 Å². The number of nitrogens with zero attached hydrogens (tertiary/aromatic N) is 3. The molecule has 0 spiro atoms. The minimum Gasteiger partial charge on any atom is -0.454 e. The van der Waals surface area contributed by atoms with E-state index in [1.807, 2.05) is 30.3 Å². The number of rotatable bonds is 4. The zero-order valence-corrected chi connectivity index (χ0v) is 18.7. The molecule has 32 heavy (non-hydrogen) atoms. The maximum atomic E-state index is 13.6. The summed E-state index contributed by atoms with van der Waals surface area (Å²) in [6.07, 6.45) is 0.503. The fourth-order valence-corrected chi connectivity index (χ4v) is 4.62. The predicted molar refractivity (Wildman–Crippen MR) is 119 cm³/mol. The molecule has 8 heteroatoms. The minimum atomic E-state index is -0.657. The highest BCUT2D eigenvalue weighted by Gasteiger charge is 2.45. The Morgan fingerprint density at radius 2 is 1.81 bits per heavy atom. The van der Waals surface area contributed by atoms with Gasteiger partial charge in [-0.25, -0.2) is 0 Å². The van der Waals surface area contributed by atoms with Crippen molar-refractivity contribution in [2.24, 2.45) is 5.73 Å². The lowest BCUT2D eigenvalue weighted by molar-refractivity contribution is -0.151. The molecule has 0 radical (unpaired) electrons. The average Bonchev–Trinajstić information content (AvgIpc) is 3.45. The summed E-state index contributed by atoms with van der Waals surface area (Å²) in [6.45, 7) is 4.86. The summed E-state index contributed by atoms with van der Waals surface area (Å²) in [7, 11) is 1.74. The van der Waals surface area contributed by atoms with Crippen LogP contribution in [-0.2, 0) is 9.59 Å². The van der Waals surface area contributed by atoms with Crippen LogP contribution >= 0.6 is 0 Å². The molecule has 4 unspecified atom stereocenters. The third-order valence-electron chi connectivity index (χ3n) is 6.56. The molecule has 170 valence electrons. The molecule has 2 aliphatic rings. The number of benzene rings is 1. The van der Waals surface area contributed by atoms with Crippen molar-refractivity contribution in [3.8, 4) is 0 Å². The van der Waals surface area contributed by atoms with E-state index in [0.717, 1.165) is 5.56 Å². The van der Waals surface area contributed by atoms with Gasteiger partial charge in [0.15, 0.2) is 5.76 Å². The Kier molecular flexibility index (Phi) is 6.06. The minimum absolute atomic E-state index is 0.0236. The van der Waals surface area contributed by atoms with Gasteiger partial charge in [0.2, 0.25) is 11.8 Å². The summed E-state index contributed by atoms with van der Waals surface area (Å²) in [4.78, 5) is 44.3. The Bertz CT molecular complexity index is 1000. The van der Waals surface area contributed by atoms with Crippen molar-refractivity contribution in [1.29, 1.82) is 0 Å². The number of nitrogens with two attached hydrogens (primary N) is 1. The Labute approximate surface area is 187 Å². The van der Waals surface area contributed by atoms with Crippen LogP contribution < -0.4 is 5.73 Å². The van der Waals surface area contributed by atoms with Crippen LogP contribution in [0, 0.1) is 0 Å². The van der Waals surface area contributed by atoms with Crippen LogP contribution in [0.25, 0.3) is 0 Å². The molecule has 3 amide bonds. The molecule has 2 saturated heterocycles. The first-order valence-corrected chi connectivity index (χ1v) is 11.0. The summed E-state index contributed by atoms with van der Waals surface area (Å²) in [6, 6.07) is 11.7. The number of likely N-dealkylation sites (N-methyl/N-ethyl adjacent to an activating group) is 1. The van der Waals surface area contributed by atoms with Gasteiger partial charge in [0.25, 0.3) is 5.91 Å². The van der Waals surface area contributed by atoms with Crippen molar-refractivity contribution in [3.63, 3.8) is 0 Å². The number of hydrogen-bond donors (Lipinski definition) is 1. The zero-order valence-electron chi connectivity index (χ0n) is 18.7. The van der Waals surface area contributed by atoms with E-state index in [-0.39, 0.29) is 35.4 Å². The van der Waals surface area contributed by atoms with Gasteiger partial charge in [0, 0.05) is 32.6 Å². The maximum absolute atomic E-state index is 13.6. The second-order valence-corrected chi connectivity index (χ2v) is 8.77. The molecule has 8 nitrogen and oxygen atoms in total. The van der Waals surface area contributed by atoms with Gasteiger partial charge in [0.1, 0.15) is 17.8 Å². The van der Waals surface area contributed by atoms with Gasteiger partial charge < -0.3 is 24.9 Å². The van der Waals surface area contributed by atoms with Crippen LogP contribution in [0.4, 0.5) is 0 Å². The first-order chi connectivity index (χ1) is 15.3. The molecule has 0 saturated carbocycles. The molecule has 0 aliphatic carbocycles. The van der Waals surface area contributed by atoms with E-state index in [4.69, 9.17) is 10.2 Å². The Morgan fingerprint density at radius 3 is 2.47 bits per heavy atom. The normalized spacial score (nSPS) is 24.7. The highest BCUT2D eigenvalue weighted by Crippen LogP contribution is 2.34. The quantitative estimate of drug-likeness (QED) is 0.787. The van der Waals surface area contributed by atoms with Crippen molar-refractivity contribution >= 4 is 17.7 Å². The van der Waals surface area contributed by atoms with Crippen molar-refractivity contribution < 1.29 is 18.8 Å². The second-order valence-electron chi connectivity index (χ2n) is 8.77. The van der Waals surface area contributed by atoms with Crippen LogP contribution in [0.15, 0.2) is 46.9 Å². The number of hydrogen-bond acceptors (Lipinski definition) is 5. The van der Waals surface area contributed by atoms with Crippen molar-refractivity contribution in [3.05, 3.63) is 59.5 Å². The van der Waals surface area contributed by atoms with Gasteiger partial charge in [-0.3, -0.25) is 14.4 Å². The summed E-state index contributed by atoms with van der Waals surface area (Å²) >= 11 is 0. The van der Waals surface area contributed by atoms with Crippen LogP contribution in [0.3, 0.4) is 0 Å². The molecule has 4 rings (SSSR count). The van der Waals surface area contributed by atoms with Crippen LogP contribution in [0.1, 0.15) is 54.1 Å². The number of carbonyl (C=O) groups is 3. The van der Waals surface area contributed by atoms with Gasteiger partial charge >= 0.3 is 0 Å². The Hall–Kier alpha value is -3.13. The number of likely N-dealkylation sites (tertiary alicyclic amines) is 1. The lowest BCUT2D eigenvalue weighted by atomic mass is 9.96. The summed E-state index contributed by atoms with van der Waals surface area (Å²) < 4.78 is 5.68. The highest BCUT2D eigenvalue weighted by molar-refractivity contribution is 5.97. The largest absolute Gasteiger partial charge is 0.454 e. The molecule has 2 aromatic rings. The molecule has 1 aromatic carbocycles. The summed E-state index contributed by atoms with van der Waals surface area (Å²) in [5, 5.41) is 0. The van der Waals surface area contributed by atoms with E-state index >= 15 is 0 Å². The van der Waals surface area contributed by atoms with Crippen LogP contribution in [0.5, 0.6) is 0 Å². The first kappa shape index (κ1) is 22.1. The lowest BCUT2D eigenvalue weighted by Gasteiger charge is -2.39. The SMILES string of the molecule is CC(N)c1ccc(C(=O)N2CC(c3ccccc3)CC2C(=O)N2CCN(C)C(=O)C2C)o1. The molecular weight excluding hydrogens is 408 g/mol. The molecular formula is C24H30N4O4. The maximum Gasteiger partial charge on any atom is 0.290 e. The van der Waals surface area contributed by atoms with Crippen molar-refractivity contribution in [2.75, 3.05) is 26.7 Å². The van der Waals surface area contributed by atoms with E-state index < -0.39 is 12.1 Å². The van der Waals surface area contributed by atoms with Crippen LogP contribution in [-0.4, -0.2) is 71.2 Å². The highest BCUT2D eigenvalue weighted by atomic mass is 16.4. The van der Waals surface area contributed by atoms with Gasteiger partial charge in [-0.2, -0.15) is 0 Å². The first-order valence-electron chi connectivity index (χ1n) is 11.0. The predicted octanol–water partition coefficient (Wildman–Crippen LogP) is 1.99. The number of carbonyl (C=O) groups excluding carboxylic acids is 3. The lowest BCUT2D eigenvalue weighted by Crippen LogP contribution is -2.60. The smallest absolute Gasteiger partial charge is 0.290 e. The Morgan fingerprint density at radius 1 is 1.09 bits per heavy atom. The van der Waals surface area contributed by atoms with E-state index in [1.54, 1.807) is 47.7 Å².